The fourth-order valence-electron chi connectivity index (χ4n) is 6.55. The Morgan fingerprint density at radius 2 is 1.45 bits per heavy atom. The van der Waals surface area contributed by atoms with E-state index in [0.717, 1.165) is 62.4 Å². The van der Waals surface area contributed by atoms with Crippen LogP contribution >= 0.6 is 0 Å². The van der Waals surface area contributed by atoms with Crippen LogP contribution in [0, 0.1) is 23.7 Å². The van der Waals surface area contributed by atoms with E-state index in [-0.39, 0.29) is 0 Å². The summed E-state index contributed by atoms with van der Waals surface area (Å²) in [6.07, 6.45) is 13.2. The summed E-state index contributed by atoms with van der Waals surface area (Å²) in [4.78, 5) is 0. The molecule has 4 bridgehead atoms. The maximum atomic E-state index is 11.4. The van der Waals surface area contributed by atoms with Crippen molar-refractivity contribution in [3.63, 3.8) is 0 Å². The minimum atomic E-state index is -0.482. The van der Waals surface area contributed by atoms with Gasteiger partial charge in [0.1, 0.15) is 0 Å². The van der Waals surface area contributed by atoms with E-state index in [2.05, 4.69) is 6.58 Å². The topological polar surface area (TPSA) is 40.5 Å². The van der Waals surface area contributed by atoms with Gasteiger partial charge in [-0.15, -0.1) is 0 Å². The SMILES string of the molecule is C=C(CCC1(O)C2CC3CC(C2)CC1C3)CC1(O)CCCC1. The molecule has 5 rings (SSSR count). The maximum absolute atomic E-state index is 11.4. The standard InChI is InChI=1S/C20H32O2/c1-14(13-19(21)5-2-3-6-19)4-7-20(22)17-9-15-8-16(11-17)12-18(20)10-15/h15-18,21-22H,1-13H2. The van der Waals surface area contributed by atoms with E-state index in [0.29, 0.717) is 11.8 Å². The second-order valence-corrected chi connectivity index (χ2v) is 9.15. The predicted octanol–water partition coefficient (Wildman–Crippen LogP) is 4.21. The molecule has 2 N–H and O–H groups in total. The molecular weight excluding hydrogens is 272 g/mol. The number of hydrogen-bond donors (Lipinski definition) is 2. The van der Waals surface area contributed by atoms with Gasteiger partial charge in [0, 0.05) is 0 Å². The Morgan fingerprint density at radius 1 is 0.909 bits per heavy atom. The second kappa shape index (κ2) is 5.34. The lowest BCUT2D eigenvalue weighted by molar-refractivity contribution is -0.176. The molecule has 22 heavy (non-hydrogen) atoms. The largest absolute Gasteiger partial charge is 0.390 e. The van der Waals surface area contributed by atoms with Gasteiger partial charge >= 0.3 is 0 Å². The first-order valence-electron chi connectivity index (χ1n) is 9.58. The summed E-state index contributed by atoms with van der Waals surface area (Å²) < 4.78 is 0. The highest BCUT2D eigenvalue weighted by Gasteiger charge is 2.55. The fourth-order valence-corrected chi connectivity index (χ4v) is 6.55. The summed E-state index contributed by atoms with van der Waals surface area (Å²) in [5, 5.41) is 21.9. The molecule has 5 fully saturated rings. The first-order chi connectivity index (χ1) is 10.5. The summed E-state index contributed by atoms with van der Waals surface area (Å²) in [6.45, 7) is 4.23. The third-order valence-corrected chi connectivity index (χ3v) is 7.54. The molecular formula is C20H32O2. The van der Waals surface area contributed by atoms with Gasteiger partial charge in [0.2, 0.25) is 0 Å². The van der Waals surface area contributed by atoms with E-state index in [9.17, 15) is 10.2 Å². The number of rotatable bonds is 5. The summed E-state index contributed by atoms with van der Waals surface area (Å²) >= 11 is 0. The molecule has 0 unspecified atom stereocenters. The van der Waals surface area contributed by atoms with Gasteiger partial charge in [-0.05, 0) is 87.9 Å². The van der Waals surface area contributed by atoms with Gasteiger partial charge in [-0.2, -0.15) is 0 Å². The van der Waals surface area contributed by atoms with Crippen LogP contribution in [0.25, 0.3) is 0 Å². The third kappa shape index (κ3) is 2.57. The molecule has 0 aromatic carbocycles. The van der Waals surface area contributed by atoms with Gasteiger partial charge in [0.25, 0.3) is 0 Å². The maximum Gasteiger partial charge on any atom is 0.0707 e. The molecule has 5 saturated carbocycles. The molecule has 0 aromatic rings. The Balaban J connectivity index is 1.36. The van der Waals surface area contributed by atoms with Crippen molar-refractivity contribution in [3.8, 4) is 0 Å². The molecule has 0 atom stereocenters. The molecule has 0 radical (unpaired) electrons. The summed E-state index contributed by atoms with van der Waals surface area (Å²) in [5.41, 5.74) is 0.255. The lowest BCUT2D eigenvalue weighted by Crippen LogP contribution is -2.57. The normalized spacial score (nSPS) is 45.4. The second-order valence-electron chi connectivity index (χ2n) is 9.15. The van der Waals surface area contributed by atoms with Crippen LogP contribution in [0.1, 0.15) is 77.0 Å². The fraction of sp³-hybridized carbons (Fsp3) is 0.900. The zero-order valence-electron chi connectivity index (χ0n) is 13.9. The van der Waals surface area contributed by atoms with Crippen LogP contribution in [0.5, 0.6) is 0 Å². The average Bonchev–Trinajstić information content (AvgIpc) is 2.88. The molecule has 5 aliphatic carbocycles. The lowest BCUT2D eigenvalue weighted by Gasteiger charge is -2.59. The first-order valence-corrected chi connectivity index (χ1v) is 9.58. The van der Waals surface area contributed by atoms with Gasteiger partial charge in [0.05, 0.1) is 11.2 Å². The summed E-state index contributed by atoms with van der Waals surface area (Å²) in [6, 6.07) is 0. The Bertz CT molecular complexity index is 419. The molecule has 2 heteroatoms. The molecule has 0 saturated heterocycles. The highest BCUT2D eigenvalue weighted by atomic mass is 16.3. The van der Waals surface area contributed by atoms with Crippen LogP contribution in [-0.4, -0.2) is 21.4 Å². The zero-order valence-corrected chi connectivity index (χ0v) is 13.9. The smallest absolute Gasteiger partial charge is 0.0707 e. The van der Waals surface area contributed by atoms with Crippen molar-refractivity contribution in [1.29, 1.82) is 0 Å². The van der Waals surface area contributed by atoms with E-state index in [4.69, 9.17) is 0 Å². The van der Waals surface area contributed by atoms with Crippen LogP contribution in [0.4, 0.5) is 0 Å². The van der Waals surface area contributed by atoms with Crippen LogP contribution < -0.4 is 0 Å². The van der Waals surface area contributed by atoms with Crippen molar-refractivity contribution < 1.29 is 10.2 Å². The number of aliphatic hydroxyl groups is 2. The molecule has 0 aromatic heterocycles. The predicted molar refractivity (Wildman–Crippen MR) is 88.4 cm³/mol. The molecule has 0 spiro atoms. The summed E-state index contributed by atoms with van der Waals surface area (Å²) in [7, 11) is 0. The van der Waals surface area contributed by atoms with Gasteiger partial charge in [-0.1, -0.05) is 25.0 Å². The first kappa shape index (κ1) is 15.2. The average molecular weight is 304 g/mol. The van der Waals surface area contributed by atoms with E-state index in [1.807, 2.05) is 0 Å². The van der Waals surface area contributed by atoms with Crippen molar-refractivity contribution in [1.82, 2.24) is 0 Å². The Morgan fingerprint density at radius 3 is 2.00 bits per heavy atom. The van der Waals surface area contributed by atoms with Gasteiger partial charge in [-0.25, -0.2) is 0 Å². The van der Waals surface area contributed by atoms with Crippen LogP contribution in [-0.2, 0) is 0 Å². The van der Waals surface area contributed by atoms with Crippen LogP contribution in [0.3, 0.4) is 0 Å². The van der Waals surface area contributed by atoms with Crippen molar-refractivity contribution in [3.05, 3.63) is 12.2 Å². The monoisotopic (exact) mass is 304 g/mol. The molecule has 124 valence electrons. The van der Waals surface area contributed by atoms with Crippen molar-refractivity contribution >= 4 is 0 Å². The van der Waals surface area contributed by atoms with Gasteiger partial charge in [-0.3, -0.25) is 0 Å². The Hall–Kier alpha value is -0.340. The number of hydrogen-bond acceptors (Lipinski definition) is 2. The van der Waals surface area contributed by atoms with Crippen molar-refractivity contribution in [2.45, 2.75) is 88.3 Å². The van der Waals surface area contributed by atoms with Crippen molar-refractivity contribution in [2.75, 3.05) is 0 Å². The Kier molecular flexibility index (Phi) is 3.69. The quantitative estimate of drug-likeness (QED) is 0.747. The van der Waals surface area contributed by atoms with Gasteiger partial charge < -0.3 is 10.2 Å². The zero-order chi connectivity index (χ0) is 15.4. The van der Waals surface area contributed by atoms with Crippen LogP contribution in [0.15, 0.2) is 12.2 Å². The van der Waals surface area contributed by atoms with E-state index in [1.54, 1.807) is 0 Å². The molecule has 0 heterocycles. The highest BCUT2D eigenvalue weighted by molar-refractivity contribution is 5.10. The minimum absolute atomic E-state index is 0.422. The third-order valence-electron chi connectivity index (χ3n) is 7.54. The highest BCUT2D eigenvalue weighted by Crippen LogP contribution is 2.59. The van der Waals surface area contributed by atoms with E-state index in [1.165, 1.54) is 32.1 Å². The van der Waals surface area contributed by atoms with Crippen LogP contribution in [0.2, 0.25) is 0 Å². The van der Waals surface area contributed by atoms with E-state index >= 15 is 0 Å². The summed E-state index contributed by atoms with van der Waals surface area (Å²) in [5.74, 6) is 2.91. The molecule has 5 aliphatic rings. The Labute approximate surface area is 135 Å². The molecule has 2 nitrogen and oxygen atoms in total. The molecule has 0 amide bonds. The molecule has 0 aliphatic heterocycles. The lowest BCUT2D eigenvalue weighted by atomic mass is 9.49. The minimum Gasteiger partial charge on any atom is -0.390 e. The van der Waals surface area contributed by atoms with Gasteiger partial charge in [0.15, 0.2) is 0 Å². The van der Waals surface area contributed by atoms with E-state index < -0.39 is 11.2 Å². The van der Waals surface area contributed by atoms with Crippen molar-refractivity contribution in [2.24, 2.45) is 23.7 Å².